The van der Waals surface area contributed by atoms with Crippen LogP contribution in [-0.2, 0) is 4.74 Å². The van der Waals surface area contributed by atoms with E-state index in [0.29, 0.717) is 10.9 Å². The van der Waals surface area contributed by atoms with E-state index < -0.39 is 0 Å². The molecular weight excluding hydrogens is 454 g/mol. The fraction of sp³-hybridized carbons (Fsp3) is 0.258. The number of hydrogen-bond acceptors (Lipinski definition) is 3. The van der Waals surface area contributed by atoms with Crippen LogP contribution in [0.4, 0.5) is 0 Å². The summed E-state index contributed by atoms with van der Waals surface area (Å²) >= 11 is 6.87. The average Bonchev–Trinajstić information content (AvgIpc) is 2.87. The molecule has 2 unspecified atom stereocenters. The number of methoxy groups -OCH3 is 1. The summed E-state index contributed by atoms with van der Waals surface area (Å²) in [5.41, 5.74) is 7.23. The Morgan fingerprint density at radius 3 is 2.37 bits per heavy atom. The first-order valence-corrected chi connectivity index (χ1v) is 12.5. The van der Waals surface area contributed by atoms with Gasteiger partial charge in [-0.3, -0.25) is 4.98 Å². The molecule has 2 heterocycles. The number of fused-ring (bicyclic) bond motifs is 1. The summed E-state index contributed by atoms with van der Waals surface area (Å²) in [5.74, 6) is 1.23. The summed E-state index contributed by atoms with van der Waals surface area (Å²) in [6, 6.07) is 20.9. The maximum absolute atomic E-state index is 6.87. The molecule has 178 valence electrons. The van der Waals surface area contributed by atoms with Crippen molar-refractivity contribution in [2.75, 3.05) is 7.11 Å². The van der Waals surface area contributed by atoms with Gasteiger partial charge in [0.1, 0.15) is 5.75 Å². The Hall–Kier alpha value is -3.14. The smallest absolute Gasteiger partial charge is 0.137 e. The molecular formula is C31H30ClNO2. The minimum atomic E-state index is 0.258. The highest BCUT2D eigenvalue weighted by molar-refractivity contribution is 6.33. The fourth-order valence-corrected chi connectivity index (χ4v) is 5.61. The van der Waals surface area contributed by atoms with Crippen LogP contribution in [0, 0.1) is 0 Å². The highest BCUT2D eigenvalue weighted by Crippen LogP contribution is 2.43. The van der Waals surface area contributed by atoms with E-state index in [4.69, 9.17) is 26.1 Å². The zero-order chi connectivity index (χ0) is 24.5. The number of pyridine rings is 1. The van der Waals surface area contributed by atoms with Crippen LogP contribution in [0.3, 0.4) is 0 Å². The molecule has 0 N–H and O–H groups in total. The first-order chi connectivity index (χ1) is 17.0. The van der Waals surface area contributed by atoms with Crippen LogP contribution in [0.25, 0.3) is 39.2 Å². The fourth-order valence-electron chi connectivity index (χ4n) is 5.32. The highest BCUT2D eigenvalue weighted by Gasteiger charge is 2.26. The van der Waals surface area contributed by atoms with Crippen molar-refractivity contribution in [2.45, 2.75) is 44.8 Å². The largest absolute Gasteiger partial charge is 0.495 e. The molecule has 0 spiro atoms. The van der Waals surface area contributed by atoms with Crippen molar-refractivity contribution >= 4 is 28.6 Å². The van der Waals surface area contributed by atoms with Crippen molar-refractivity contribution in [1.29, 1.82) is 0 Å². The van der Waals surface area contributed by atoms with Crippen LogP contribution < -0.4 is 4.74 Å². The van der Waals surface area contributed by atoms with Gasteiger partial charge in [-0.2, -0.15) is 0 Å². The number of halogens is 1. The lowest BCUT2D eigenvalue weighted by atomic mass is 9.85. The van der Waals surface area contributed by atoms with Crippen molar-refractivity contribution in [1.82, 2.24) is 4.98 Å². The van der Waals surface area contributed by atoms with Gasteiger partial charge in [-0.25, -0.2) is 0 Å². The van der Waals surface area contributed by atoms with Gasteiger partial charge in [0.05, 0.1) is 24.8 Å². The number of benzene rings is 3. The third kappa shape index (κ3) is 4.59. The molecule has 0 bridgehead atoms. The van der Waals surface area contributed by atoms with Gasteiger partial charge in [0.25, 0.3) is 0 Å². The predicted molar refractivity (Wildman–Crippen MR) is 146 cm³/mol. The molecule has 35 heavy (non-hydrogen) atoms. The molecule has 5 rings (SSSR count). The molecule has 1 fully saturated rings. The van der Waals surface area contributed by atoms with Crippen LogP contribution in [0.2, 0.25) is 5.02 Å². The lowest BCUT2D eigenvalue weighted by Gasteiger charge is -2.32. The van der Waals surface area contributed by atoms with E-state index in [2.05, 4.69) is 75.0 Å². The van der Waals surface area contributed by atoms with Gasteiger partial charge in [0.2, 0.25) is 0 Å². The molecule has 1 aliphatic heterocycles. The van der Waals surface area contributed by atoms with Gasteiger partial charge in [-0.15, -0.1) is 0 Å². The van der Waals surface area contributed by atoms with E-state index >= 15 is 0 Å². The predicted octanol–water partition coefficient (Wildman–Crippen LogP) is 8.54. The lowest BCUT2D eigenvalue weighted by molar-refractivity contribution is -0.0380. The third-order valence-electron chi connectivity index (χ3n) is 6.96. The molecule has 1 aliphatic rings. The zero-order valence-corrected chi connectivity index (χ0v) is 21.2. The Morgan fingerprint density at radius 2 is 1.71 bits per heavy atom. The Balaban J connectivity index is 1.56. The van der Waals surface area contributed by atoms with Crippen LogP contribution in [0.1, 0.15) is 43.7 Å². The van der Waals surface area contributed by atoms with E-state index in [1.54, 1.807) is 7.11 Å². The van der Waals surface area contributed by atoms with Gasteiger partial charge < -0.3 is 9.47 Å². The number of aromatic nitrogens is 1. The topological polar surface area (TPSA) is 31.4 Å². The average molecular weight is 484 g/mol. The van der Waals surface area contributed by atoms with Crippen LogP contribution in [0.5, 0.6) is 5.75 Å². The van der Waals surface area contributed by atoms with E-state index in [9.17, 15) is 0 Å². The zero-order valence-electron chi connectivity index (χ0n) is 20.4. The molecule has 1 saturated heterocycles. The molecule has 3 aromatic carbocycles. The quantitative estimate of drug-likeness (QED) is 0.285. The molecule has 4 heteroatoms. The second-order valence-electron chi connectivity index (χ2n) is 9.40. The van der Waals surface area contributed by atoms with Crippen LogP contribution >= 0.6 is 11.6 Å². The molecule has 4 aromatic rings. The van der Waals surface area contributed by atoms with Crippen LogP contribution in [0.15, 0.2) is 73.4 Å². The summed E-state index contributed by atoms with van der Waals surface area (Å²) in [7, 11) is 1.71. The van der Waals surface area contributed by atoms with E-state index in [1.807, 2.05) is 18.3 Å². The van der Waals surface area contributed by atoms with Crippen LogP contribution in [-0.4, -0.2) is 24.3 Å². The SMILES string of the molecule is C=Cc1ccc(-c2cccc3c(OC)c(-c4ccc(C5CC(C)OC(C)C5)cc4Cl)cnc23)cc1. The maximum Gasteiger partial charge on any atom is 0.137 e. The minimum Gasteiger partial charge on any atom is -0.495 e. The number of rotatable bonds is 5. The van der Waals surface area contributed by atoms with Crippen molar-refractivity contribution in [2.24, 2.45) is 0 Å². The van der Waals surface area contributed by atoms with Gasteiger partial charge in [-0.05, 0) is 61.4 Å². The molecule has 2 atom stereocenters. The lowest BCUT2D eigenvalue weighted by Crippen LogP contribution is -2.28. The van der Waals surface area contributed by atoms with Crippen molar-refractivity contribution < 1.29 is 9.47 Å². The third-order valence-corrected chi connectivity index (χ3v) is 7.27. The van der Waals surface area contributed by atoms with E-state index in [1.165, 1.54) is 5.56 Å². The summed E-state index contributed by atoms with van der Waals surface area (Å²) in [6.45, 7) is 8.14. The summed E-state index contributed by atoms with van der Waals surface area (Å²) in [4.78, 5) is 4.88. The normalized spacial score (nSPS) is 20.1. The second-order valence-corrected chi connectivity index (χ2v) is 9.81. The second kappa shape index (κ2) is 9.85. The van der Waals surface area contributed by atoms with Crippen molar-refractivity contribution in [3.8, 4) is 28.0 Å². The van der Waals surface area contributed by atoms with E-state index in [0.717, 1.165) is 57.3 Å². The first-order valence-electron chi connectivity index (χ1n) is 12.1. The summed E-state index contributed by atoms with van der Waals surface area (Å²) < 4.78 is 11.9. The van der Waals surface area contributed by atoms with E-state index in [-0.39, 0.29) is 12.2 Å². The molecule has 0 radical (unpaired) electrons. The Labute approximate surface area is 212 Å². The van der Waals surface area contributed by atoms with Crippen molar-refractivity contribution in [3.63, 3.8) is 0 Å². The Kier molecular flexibility index (Phi) is 6.64. The molecule has 0 aliphatic carbocycles. The molecule has 0 saturated carbocycles. The standard InChI is InChI=1S/C31H30ClNO2/c1-5-21-9-11-22(12-10-21)25-7-6-8-27-30(25)33-18-28(31(27)34-4)26-14-13-23(17-29(26)32)24-15-19(2)35-20(3)16-24/h5-14,17-20,24H,1,15-16H2,2-4H3. The first kappa shape index (κ1) is 23.6. The van der Waals surface area contributed by atoms with Gasteiger partial charge in [0, 0.05) is 33.3 Å². The van der Waals surface area contributed by atoms with Gasteiger partial charge in [0.15, 0.2) is 0 Å². The maximum atomic E-state index is 6.87. The molecule has 3 nitrogen and oxygen atoms in total. The van der Waals surface area contributed by atoms with Gasteiger partial charge >= 0.3 is 0 Å². The summed E-state index contributed by atoms with van der Waals surface area (Å²) in [6.07, 6.45) is 6.26. The summed E-state index contributed by atoms with van der Waals surface area (Å²) in [5, 5.41) is 1.67. The van der Waals surface area contributed by atoms with Gasteiger partial charge in [-0.1, -0.05) is 72.8 Å². The Bertz CT molecular complexity index is 1370. The monoisotopic (exact) mass is 483 g/mol. The molecule has 1 aromatic heterocycles. The number of ether oxygens (including phenoxy) is 2. The molecule has 0 amide bonds. The number of para-hydroxylation sites is 1. The van der Waals surface area contributed by atoms with Crippen molar-refractivity contribution in [3.05, 3.63) is 89.6 Å². The number of nitrogens with zero attached hydrogens (tertiary/aromatic N) is 1. The Morgan fingerprint density at radius 1 is 0.971 bits per heavy atom. The highest BCUT2D eigenvalue weighted by atomic mass is 35.5. The minimum absolute atomic E-state index is 0.258. The number of hydrogen-bond donors (Lipinski definition) is 0.